The Morgan fingerprint density at radius 2 is 2.00 bits per heavy atom. The first-order valence-corrected chi connectivity index (χ1v) is 8.91. The van der Waals surface area contributed by atoms with Gasteiger partial charge >= 0.3 is 0 Å². The van der Waals surface area contributed by atoms with Crippen molar-refractivity contribution in [2.45, 2.75) is 51.6 Å². The summed E-state index contributed by atoms with van der Waals surface area (Å²) in [6.07, 6.45) is 6.59. The number of hydrogen-bond acceptors (Lipinski definition) is 2. The first kappa shape index (κ1) is 16.8. The first-order valence-electron chi connectivity index (χ1n) is 8.91. The molecular formula is C20H27N2O2+. The average molecular weight is 327 g/mol. The monoisotopic (exact) mass is 327 g/mol. The molecule has 2 atom stereocenters. The Hall–Kier alpha value is -2.07. The Balaban J connectivity index is 1.52. The summed E-state index contributed by atoms with van der Waals surface area (Å²) in [5.74, 6) is 0.948. The summed E-state index contributed by atoms with van der Waals surface area (Å²) in [6.45, 7) is 4.49. The van der Waals surface area contributed by atoms with E-state index >= 15 is 0 Å². The summed E-state index contributed by atoms with van der Waals surface area (Å²) in [7, 11) is 0. The molecule has 0 fully saturated rings. The number of amides is 1. The molecule has 4 nitrogen and oxygen atoms in total. The van der Waals surface area contributed by atoms with Crippen molar-refractivity contribution in [1.29, 1.82) is 0 Å². The van der Waals surface area contributed by atoms with E-state index in [2.05, 4.69) is 30.4 Å². The van der Waals surface area contributed by atoms with E-state index in [1.165, 1.54) is 36.0 Å². The van der Waals surface area contributed by atoms with E-state index in [-0.39, 0.29) is 18.0 Å². The van der Waals surface area contributed by atoms with Gasteiger partial charge < -0.3 is 15.1 Å². The van der Waals surface area contributed by atoms with Gasteiger partial charge in [-0.25, -0.2) is 0 Å². The molecule has 24 heavy (non-hydrogen) atoms. The number of nitrogens with two attached hydrogens (primary N) is 1. The van der Waals surface area contributed by atoms with Crippen LogP contribution >= 0.6 is 0 Å². The van der Waals surface area contributed by atoms with Crippen LogP contribution < -0.4 is 10.6 Å². The number of aryl methyl sites for hydroxylation is 2. The van der Waals surface area contributed by atoms with Gasteiger partial charge in [-0.2, -0.15) is 0 Å². The topological polar surface area (TPSA) is 58.9 Å². The fraction of sp³-hybridized carbons (Fsp3) is 0.450. The molecule has 1 heterocycles. The quantitative estimate of drug-likeness (QED) is 0.857. The highest BCUT2D eigenvalue weighted by molar-refractivity contribution is 5.77. The van der Waals surface area contributed by atoms with Crippen molar-refractivity contribution in [3.8, 4) is 0 Å². The smallest absolute Gasteiger partial charge is 0.275 e. The van der Waals surface area contributed by atoms with Crippen LogP contribution in [-0.2, 0) is 17.6 Å². The number of quaternary nitrogens is 1. The third-order valence-electron chi connectivity index (χ3n) is 4.90. The number of rotatable bonds is 6. The molecule has 4 heteroatoms. The average Bonchev–Trinajstić information content (AvgIpc) is 3.14. The van der Waals surface area contributed by atoms with Gasteiger partial charge in [-0.15, -0.1) is 0 Å². The van der Waals surface area contributed by atoms with E-state index in [1.54, 1.807) is 6.26 Å². The molecule has 1 amide bonds. The molecule has 0 bridgehead atoms. The van der Waals surface area contributed by atoms with Crippen LogP contribution in [0.2, 0.25) is 0 Å². The second kappa shape index (κ2) is 7.67. The maximum atomic E-state index is 12.2. The highest BCUT2D eigenvalue weighted by Gasteiger charge is 2.17. The normalized spacial score (nSPS) is 16.2. The van der Waals surface area contributed by atoms with Crippen molar-refractivity contribution in [3.63, 3.8) is 0 Å². The second-order valence-electron chi connectivity index (χ2n) is 6.77. The summed E-state index contributed by atoms with van der Waals surface area (Å²) in [5, 5.41) is 5.10. The van der Waals surface area contributed by atoms with Gasteiger partial charge in [0.05, 0.1) is 12.3 Å². The zero-order valence-electron chi connectivity index (χ0n) is 14.5. The number of fused-ring (bicyclic) bond motifs is 1. The molecular weight excluding hydrogens is 300 g/mol. The lowest BCUT2D eigenvalue weighted by molar-refractivity contribution is -0.684. The fourth-order valence-electron chi connectivity index (χ4n) is 3.36. The van der Waals surface area contributed by atoms with Gasteiger partial charge in [0.15, 0.2) is 12.3 Å². The van der Waals surface area contributed by atoms with Gasteiger partial charge in [0.25, 0.3) is 5.91 Å². The lowest BCUT2D eigenvalue weighted by Gasteiger charge is -2.20. The Kier molecular flexibility index (Phi) is 5.36. The van der Waals surface area contributed by atoms with Crippen LogP contribution in [0.4, 0.5) is 0 Å². The van der Waals surface area contributed by atoms with E-state index < -0.39 is 0 Å². The van der Waals surface area contributed by atoms with Crippen LogP contribution in [0.1, 0.15) is 61.2 Å². The number of carbonyl (C=O) groups excluding carboxylic acids is 1. The highest BCUT2D eigenvalue weighted by atomic mass is 16.3. The first-order chi connectivity index (χ1) is 11.6. The van der Waals surface area contributed by atoms with Crippen LogP contribution in [0.5, 0.6) is 0 Å². The van der Waals surface area contributed by atoms with Crippen molar-refractivity contribution < 1.29 is 14.5 Å². The van der Waals surface area contributed by atoms with Crippen molar-refractivity contribution >= 4 is 5.91 Å². The van der Waals surface area contributed by atoms with Crippen LogP contribution in [0, 0.1) is 0 Å². The van der Waals surface area contributed by atoms with Gasteiger partial charge in [-0.3, -0.25) is 4.79 Å². The maximum Gasteiger partial charge on any atom is 0.275 e. The lowest BCUT2D eigenvalue weighted by Crippen LogP contribution is -2.87. The molecule has 1 aliphatic rings. The third-order valence-corrected chi connectivity index (χ3v) is 4.90. The molecule has 0 aliphatic heterocycles. The molecule has 0 radical (unpaired) electrons. The van der Waals surface area contributed by atoms with Gasteiger partial charge in [-0.05, 0) is 68.4 Å². The zero-order chi connectivity index (χ0) is 16.9. The fourth-order valence-corrected chi connectivity index (χ4v) is 3.36. The third kappa shape index (κ3) is 4.06. The number of nitrogens with one attached hydrogen (secondary N) is 1. The molecule has 0 unspecified atom stereocenters. The highest BCUT2D eigenvalue weighted by Crippen LogP contribution is 2.24. The van der Waals surface area contributed by atoms with E-state index in [0.29, 0.717) is 6.54 Å². The maximum absolute atomic E-state index is 12.2. The van der Waals surface area contributed by atoms with Crippen LogP contribution in [0.15, 0.2) is 41.0 Å². The molecule has 1 aromatic heterocycles. The summed E-state index contributed by atoms with van der Waals surface area (Å²) < 4.78 is 5.37. The molecule has 128 valence electrons. The number of furan rings is 1. The Bertz CT molecular complexity index is 679. The molecule has 3 N–H and O–H groups in total. The van der Waals surface area contributed by atoms with Crippen molar-refractivity contribution in [2.24, 2.45) is 0 Å². The summed E-state index contributed by atoms with van der Waals surface area (Å²) in [5.41, 5.74) is 4.13. The molecule has 3 rings (SSSR count). The molecule has 0 spiro atoms. The Morgan fingerprint density at radius 3 is 2.75 bits per heavy atom. The molecule has 1 aliphatic carbocycles. The minimum absolute atomic E-state index is 0.0389. The minimum atomic E-state index is 0.0389. The number of carbonyl (C=O) groups is 1. The molecule has 1 aromatic carbocycles. The van der Waals surface area contributed by atoms with E-state index in [4.69, 9.17) is 4.42 Å². The molecule has 0 saturated carbocycles. The van der Waals surface area contributed by atoms with E-state index in [0.717, 1.165) is 12.2 Å². The minimum Gasteiger partial charge on any atom is -0.463 e. The Morgan fingerprint density at radius 1 is 1.21 bits per heavy atom. The number of benzene rings is 1. The van der Waals surface area contributed by atoms with Crippen molar-refractivity contribution in [2.75, 3.05) is 6.54 Å². The van der Waals surface area contributed by atoms with Crippen LogP contribution in [-0.4, -0.2) is 12.5 Å². The standard InChI is InChI=1S/C20H26N2O2/c1-14(17-10-9-16-6-3-4-7-18(16)12-17)22-20(23)13-21-15(2)19-8-5-11-24-19/h5,8-12,14-15,21H,3-4,6-7,13H2,1-2H3,(H,22,23)/p+1/t14-,15+/m1/s1. The zero-order valence-corrected chi connectivity index (χ0v) is 14.5. The Labute approximate surface area is 143 Å². The predicted octanol–water partition coefficient (Wildman–Crippen LogP) is 2.66. The SMILES string of the molecule is C[C@H]([NH2+]CC(=O)N[C@H](C)c1ccc2c(c1)CCCC2)c1ccco1. The summed E-state index contributed by atoms with van der Waals surface area (Å²) >= 11 is 0. The van der Waals surface area contributed by atoms with Gasteiger partial charge in [0.1, 0.15) is 6.04 Å². The van der Waals surface area contributed by atoms with E-state index in [1.807, 2.05) is 24.4 Å². The van der Waals surface area contributed by atoms with Crippen molar-refractivity contribution in [3.05, 3.63) is 59.0 Å². The predicted molar refractivity (Wildman–Crippen MR) is 93.6 cm³/mol. The molecule has 0 saturated heterocycles. The second-order valence-corrected chi connectivity index (χ2v) is 6.77. The van der Waals surface area contributed by atoms with Gasteiger partial charge in [0, 0.05) is 0 Å². The summed E-state index contributed by atoms with van der Waals surface area (Å²) in [6, 6.07) is 10.7. The van der Waals surface area contributed by atoms with E-state index in [9.17, 15) is 4.79 Å². The van der Waals surface area contributed by atoms with Crippen LogP contribution in [0.25, 0.3) is 0 Å². The van der Waals surface area contributed by atoms with Crippen molar-refractivity contribution in [1.82, 2.24) is 5.32 Å². The summed E-state index contributed by atoms with van der Waals surface area (Å²) in [4.78, 5) is 12.2. The number of hydrogen-bond donors (Lipinski definition) is 2. The largest absolute Gasteiger partial charge is 0.463 e. The van der Waals surface area contributed by atoms with Gasteiger partial charge in [0.2, 0.25) is 0 Å². The molecule has 2 aromatic rings. The lowest BCUT2D eigenvalue weighted by atomic mass is 9.89. The van der Waals surface area contributed by atoms with Gasteiger partial charge in [-0.1, -0.05) is 18.2 Å². The van der Waals surface area contributed by atoms with Crippen LogP contribution in [0.3, 0.4) is 0 Å².